The summed E-state index contributed by atoms with van der Waals surface area (Å²) in [5.74, 6) is 2.52. The molecule has 3 fully saturated rings. The van der Waals surface area contributed by atoms with Crippen molar-refractivity contribution in [2.75, 3.05) is 0 Å². The minimum absolute atomic E-state index is 0.123. The van der Waals surface area contributed by atoms with Gasteiger partial charge in [0.1, 0.15) is 0 Å². The second-order valence-electron chi connectivity index (χ2n) is 5.14. The van der Waals surface area contributed by atoms with Gasteiger partial charge in [0.2, 0.25) is 0 Å². The summed E-state index contributed by atoms with van der Waals surface area (Å²) in [6.45, 7) is 2.18. The molecule has 0 aliphatic carbocycles. The van der Waals surface area contributed by atoms with Gasteiger partial charge in [0, 0.05) is 16.1 Å². The Morgan fingerprint density at radius 2 is 2.11 bits per heavy atom. The Morgan fingerprint density at radius 1 is 1.37 bits per heavy atom. The van der Waals surface area contributed by atoms with Crippen molar-refractivity contribution in [2.45, 2.75) is 66.7 Å². The second-order valence-corrected chi connectivity index (χ2v) is 7.49. The summed E-state index contributed by atoms with van der Waals surface area (Å²) in [6.07, 6.45) is 13.8. The third kappa shape index (κ3) is 3.85. The molecule has 0 aromatic rings. The van der Waals surface area contributed by atoms with Crippen molar-refractivity contribution in [1.29, 1.82) is 0 Å². The van der Waals surface area contributed by atoms with E-state index in [0.717, 1.165) is 25.7 Å². The lowest BCUT2D eigenvalue weighted by atomic mass is 9.90. The molecule has 3 saturated heterocycles. The molecule has 0 N–H and O–H groups in total. The highest BCUT2D eigenvalue weighted by molar-refractivity contribution is 9.09. The maximum atomic E-state index is 6.29. The van der Waals surface area contributed by atoms with E-state index >= 15 is 0 Å². The number of halogens is 2. The zero-order valence-electron chi connectivity index (χ0n) is 11.1. The molecular formula is C15H20Br2O2. The highest BCUT2D eigenvalue weighted by atomic mass is 79.9. The molecule has 0 spiro atoms. The van der Waals surface area contributed by atoms with Crippen molar-refractivity contribution in [3.63, 3.8) is 0 Å². The lowest BCUT2D eigenvalue weighted by molar-refractivity contribution is -0.213. The fourth-order valence-corrected chi connectivity index (χ4v) is 3.68. The molecule has 106 valence electrons. The molecule has 3 aliphatic rings. The Kier molecular flexibility index (Phi) is 5.95. The summed E-state index contributed by atoms with van der Waals surface area (Å²) in [7, 11) is 0. The zero-order valence-corrected chi connectivity index (χ0v) is 14.3. The van der Waals surface area contributed by atoms with Crippen molar-refractivity contribution >= 4 is 31.9 Å². The molecule has 0 aromatic heterocycles. The van der Waals surface area contributed by atoms with E-state index in [4.69, 9.17) is 15.9 Å². The van der Waals surface area contributed by atoms with Crippen LogP contribution in [0.25, 0.3) is 0 Å². The van der Waals surface area contributed by atoms with E-state index in [2.05, 4.69) is 44.7 Å². The van der Waals surface area contributed by atoms with Crippen LogP contribution in [-0.4, -0.2) is 34.1 Å². The van der Waals surface area contributed by atoms with Gasteiger partial charge in [-0.05, 0) is 25.3 Å². The maximum Gasteiger partial charge on any atom is 0.0876 e. The molecule has 0 radical (unpaired) electrons. The van der Waals surface area contributed by atoms with Gasteiger partial charge in [-0.3, -0.25) is 0 Å². The minimum atomic E-state index is 0.123. The average molecular weight is 392 g/mol. The second kappa shape index (κ2) is 7.26. The largest absolute Gasteiger partial charge is 0.371 e. The van der Waals surface area contributed by atoms with E-state index < -0.39 is 0 Å². The molecule has 3 rings (SSSR count). The van der Waals surface area contributed by atoms with Crippen LogP contribution in [0.15, 0.2) is 12.2 Å². The third-order valence-electron chi connectivity index (χ3n) is 3.82. The Morgan fingerprint density at radius 3 is 2.74 bits per heavy atom. The smallest absolute Gasteiger partial charge is 0.0876 e. The van der Waals surface area contributed by atoms with Crippen LogP contribution in [0.2, 0.25) is 0 Å². The summed E-state index contributed by atoms with van der Waals surface area (Å²) in [5.41, 5.74) is 0. The summed E-state index contributed by atoms with van der Waals surface area (Å²) in [4.78, 5) is 0.784. The van der Waals surface area contributed by atoms with Crippen LogP contribution in [0.4, 0.5) is 0 Å². The first-order valence-electron chi connectivity index (χ1n) is 6.85. The van der Waals surface area contributed by atoms with Crippen LogP contribution in [0, 0.1) is 12.3 Å². The summed E-state index contributed by atoms with van der Waals surface area (Å²) < 4.78 is 12.2. The Bertz CT molecular complexity index is 358. The van der Waals surface area contributed by atoms with Crippen LogP contribution < -0.4 is 0 Å². The predicted molar refractivity (Wildman–Crippen MR) is 84.9 cm³/mol. The van der Waals surface area contributed by atoms with Crippen molar-refractivity contribution in [2.24, 2.45) is 0 Å². The van der Waals surface area contributed by atoms with Crippen molar-refractivity contribution in [3.05, 3.63) is 12.2 Å². The molecular weight excluding hydrogens is 372 g/mol. The number of hydrogen-bond acceptors (Lipinski definition) is 2. The van der Waals surface area contributed by atoms with Gasteiger partial charge in [0.15, 0.2) is 0 Å². The van der Waals surface area contributed by atoms with E-state index in [1.165, 1.54) is 0 Å². The van der Waals surface area contributed by atoms with Crippen LogP contribution in [0.5, 0.6) is 0 Å². The highest BCUT2D eigenvalue weighted by Crippen LogP contribution is 2.39. The first-order chi connectivity index (χ1) is 9.15. The molecule has 0 amide bonds. The Balaban J connectivity index is 2.02. The molecule has 0 aromatic carbocycles. The average Bonchev–Trinajstić information content (AvgIpc) is 2.32. The van der Waals surface area contributed by atoms with Crippen LogP contribution in [0.1, 0.15) is 32.6 Å². The fourth-order valence-electron chi connectivity index (χ4n) is 2.63. The van der Waals surface area contributed by atoms with Crippen LogP contribution in [0.3, 0.4) is 0 Å². The molecule has 19 heavy (non-hydrogen) atoms. The number of fused-ring (bicyclic) bond motifs is 4. The summed E-state index contributed by atoms with van der Waals surface area (Å²) >= 11 is 7.46. The standard InChI is InChI=1S/C15H20Br2O2/c1-3-5-6-7-12-15-9-14(19-15)11(17)8-13(18-12)10(16)4-2/h1,5-6,10-15H,4,7-9H2,2H3/t10?,11-,12+,13-,14-,15+/m1/s1. The molecule has 1 unspecified atom stereocenters. The normalized spacial score (nSPS) is 40.0. The molecule has 4 heteroatoms. The topological polar surface area (TPSA) is 18.5 Å². The lowest BCUT2D eigenvalue weighted by Crippen LogP contribution is -2.55. The van der Waals surface area contributed by atoms with Gasteiger partial charge in [-0.1, -0.05) is 50.8 Å². The van der Waals surface area contributed by atoms with Gasteiger partial charge in [-0.2, -0.15) is 0 Å². The molecule has 3 aliphatic heterocycles. The van der Waals surface area contributed by atoms with Gasteiger partial charge in [-0.25, -0.2) is 0 Å². The van der Waals surface area contributed by atoms with Gasteiger partial charge in [0.25, 0.3) is 0 Å². The highest BCUT2D eigenvalue weighted by Gasteiger charge is 2.44. The number of rotatable bonds is 4. The molecule has 2 nitrogen and oxygen atoms in total. The zero-order chi connectivity index (χ0) is 13.8. The summed E-state index contributed by atoms with van der Waals surface area (Å²) in [6, 6.07) is 0. The van der Waals surface area contributed by atoms with Gasteiger partial charge in [0.05, 0.1) is 24.4 Å². The molecule has 6 atom stereocenters. The molecule has 2 bridgehead atoms. The van der Waals surface area contributed by atoms with Crippen molar-refractivity contribution in [1.82, 2.24) is 0 Å². The van der Waals surface area contributed by atoms with E-state index in [1.807, 2.05) is 6.08 Å². The third-order valence-corrected chi connectivity index (χ3v) is 6.02. The van der Waals surface area contributed by atoms with Gasteiger partial charge < -0.3 is 9.47 Å². The molecule has 0 saturated carbocycles. The monoisotopic (exact) mass is 390 g/mol. The quantitative estimate of drug-likeness (QED) is 0.535. The Hall–Kier alpha value is 0.180. The predicted octanol–water partition coefficient (Wildman–Crippen LogP) is 3.82. The van der Waals surface area contributed by atoms with E-state index in [-0.39, 0.29) is 18.3 Å². The number of alkyl halides is 2. The number of allylic oxidation sites excluding steroid dienone is 1. The fraction of sp³-hybridized carbons (Fsp3) is 0.733. The maximum absolute atomic E-state index is 6.29. The first-order valence-corrected chi connectivity index (χ1v) is 8.69. The van der Waals surface area contributed by atoms with Crippen LogP contribution in [-0.2, 0) is 9.47 Å². The minimum Gasteiger partial charge on any atom is -0.371 e. The first kappa shape index (κ1) is 15.6. The van der Waals surface area contributed by atoms with Crippen molar-refractivity contribution in [3.8, 4) is 12.3 Å². The van der Waals surface area contributed by atoms with Crippen LogP contribution >= 0.6 is 31.9 Å². The van der Waals surface area contributed by atoms with E-state index in [9.17, 15) is 0 Å². The van der Waals surface area contributed by atoms with Crippen molar-refractivity contribution < 1.29 is 9.47 Å². The number of terminal acetylenes is 1. The SMILES string of the molecule is C#CC=CC[C@@H]1O[C@@H](C(Br)CC)C[C@@H](Br)[C@H]2C[C@@H]1O2. The molecule has 3 heterocycles. The van der Waals surface area contributed by atoms with E-state index in [1.54, 1.807) is 6.08 Å². The number of hydrogen-bond donors (Lipinski definition) is 0. The summed E-state index contributed by atoms with van der Waals surface area (Å²) in [5, 5.41) is 0. The number of ether oxygens (including phenoxy) is 2. The lowest BCUT2D eigenvalue weighted by Gasteiger charge is -2.47. The van der Waals surface area contributed by atoms with Gasteiger partial charge in [-0.15, -0.1) is 6.42 Å². The van der Waals surface area contributed by atoms with E-state index in [0.29, 0.717) is 15.8 Å². The van der Waals surface area contributed by atoms with Gasteiger partial charge >= 0.3 is 0 Å². The Labute approximate surface area is 132 Å².